The highest BCUT2D eigenvalue weighted by Gasteiger charge is 2.20. The lowest BCUT2D eigenvalue weighted by atomic mass is 10.1. The average Bonchev–Trinajstić information content (AvgIpc) is 3.21. The zero-order valence-corrected chi connectivity index (χ0v) is 21.4. The molecule has 0 radical (unpaired) electrons. The fourth-order valence-electron chi connectivity index (χ4n) is 4.44. The molecule has 0 aliphatic carbocycles. The summed E-state index contributed by atoms with van der Waals surface area (Å²) in [7, 11) is 6.75. The van der Waals surface area contributed by atoms with Gasteiger partial charge in [-0.2, -0.15) is 5.10 Å². The van der Waals surface area contributed by atoms with Crippen LogP contribution >= 0.6 is 0 Å². The molecule has 0 spiro atoms. The molecule has 1 N–H and O–H groups in total. The first-order valence-electron chi connectivity index (χ1n) is 12.2. The summed E-state index contributed by atoms with van der Waals surface area (Å²) < 4.78 is 23.9. The van der Waals surface area contributed by atoms with E-state index >= 15 is 0 Å². The number of anilines is 1. The molecule has 0 amide bonds. The van der Waals surface area contributed by atoms with Gasteiger partial charge in [0.05, 0.1) is 40.2 Å². The van der Waals surface area contributed by atoms with Gasteiger partial charge in [-0.3, -0.25) is 9.58 Å². The van der Waals surface area contributed by atoms with Gasteiger partial charge in [0.25, 0.3) is 0 Å². The highest BCUT2D eigenvalue weighted by atomic mass is 16.5. The van der Waals surface area contributed by atoms with Crippen molar-refractivity contribution in [2.75, 3.05) is 66.0 Å². The van der Waals surface area contributed by atoms with Gasteiger partial charge < -0.3 is 24.3 Å². The average molecular weight is 485 g/mol. The molecule has 2 aromatic heterocycles. The summed E-state index contributed by atoms with van der Waals surface area (Å²) in [6, 6.07) is 3.75. The van der Waals surface area contributed by atoms with E-state index in [9.17, 15) is 0 Å². The normalized spacial score (nSPS) is 14.3. The number of methoxy groups -OCH3 is 3. The Hall–Kier alpha value is -3.11. The van der Waals surface area contributed by atoms with Crippen LogP contribution in [0.15, 0.2) is 12.1 Å². The van der Waals surface area contributed by atoms with E-state index < -0.39 is 0 Å². The zero-order valence-electron chi connectivity index (χ0n) is 21.4. The van der Waals surface area contributed by atoms with Crippen LogP contribution in [-0.2, 0) is 18.2 Å². The second-order valence-corrected chi connectivity index (χ2v) is 8.56. The van der Waals surface area contributed by atoms with E-state index in [-0.39, 0.29) is 0 Å². The van der Waals surface area contributed by atoms with E-state index in [0.717, 1.165) is 86.8 Å². The van der Waals surface area contributed by atoms with E-state index in [0.29, 0.717) is 23.1 Å². The maximum absolute atomic E-state index is 5.56. The molecular weight excluding hydrogens is 448 g/mol. The Bertz CT molecular complexity index is 1120. The van der Waals surface area contributed by atoms with Crippen molar-refractivity contribution in [2.45, 2.75) is 26.2 Å². The van der Waals surface area contributed by atoms with E-state index in [2.05, 4.69) is 17.1 Å². The molecule has 0 bridgehead atoms. The number of aryl methyl sites for hydroxylation is 2. The maximum atomic E-state index is 5.56. The summed E-state index contributed by atoms with van der Waals surface area (Å²) in [5.41, 5.74) is 3.53. The number of nitrogens with one attached hydrogen (secondary N) is 1. The van der Waals surface area contributed by atoms with Crippen LogP contribution in [0.3, 0.4) is 0 Å². The fraction of sp³-hybridized carbons (Fsp3) is 0.560. The predicted octanol–water partition coefficient (Wildman–Crippen LogP) is 3.14. The fourth-order valence-corrected chi connectivity index (χ4v) is 4.44. The van der Waals surface area contributed by atoms with E-state index in [1.165, 1.54) is 0 Å². The first-order chi connectivity index (χ1) is 17.1. The lowest BCUT2D eigenvalue weighted by Gasteiger charge is -2.26. The van der Waals surface area contributed by atoms with Gasteiger partial charge in [-0.15, -0.1) is 0 Å². The monoisotopic (exact) mass is 484 g/mol. The molecule has 1 aromatic carbocycles. The van der Waals surface area contributed by atoms with Crippen LogP contribution in [0.5, 0.6) is 17.2 Å². The smallest absolute Gasteiger partial charge is 0.203 e. The van der Waals surface area contributed by atoms with Crippen molar-refractivity contribution >= 4 is 16.9 Å². The summed E-state index contributed by atoms with van der Waals surface area (Å²) >= 11 is 0. The molecule has 0 unspecified atom stereocenters. The minimum atomic E-state index is 0.536. The molecule has 10 nitrogen and oxygen atoms in total. The Kier molecular flexibility index (Phi) is 8.25. The summed E-state index contributed by atoms with van der Waals surface area (Å²) in [5, 5.41) is 8.31. The van der Waals surface area contributed by atoms with Gasteiger partial charge in [-0.1, -0.05) is 13.3 Å². The Morgan fingerprint density at radius 2 is 1.74 bits per heavy atom. The number of hydrogen-bond acceptors (Lipinski definition) is 9. The number of ether oxygens (including phenoxy) is 4. The van der Waals surface area contributed by atoms with Crippen LogP contribution in [0.2, 0.25) is 0 Å². The number of nitrogens with zero attached hydrogens (tertiary/aromatic N) is 5. The lowest BCUT2D eigenvalue weighted by Crippen LogP contribution is -2.37. The minimum absolute atomic E-state index is 0.536. The molecule has 1 saturated heterocycles. The van der Waals surface area contributed by atoms with Crippen molar-refractivity contribution in [1.82, 2.24) is 24.6 Å². The van der Waals surface area contributed by atoms with Gasteiger partial charge in [-0.05, 0) is 31.5 Å². The molecule has 190 valence electrons. The summed E-state index contributed by atoms with van der Waals surface area (Å²) in [6.07, 6.45) is 2.84. The third-order valence-electron chi connectivity index (χ3n) is 6.21. The molecule has 10 heteroatoms. The van der Waals surface area contributed by atoms with Crippen LogP contribution in [0, 0.1) is 0 Å². The third kappa shape index (κ3) is 5.43. The van der Waals surface area contributed by atoms with Crippen molar-refractivity contribution in [3.8, 4) is 28.6 Å². The predicted molar refractivity (Wildman–Crippen MR) is 136 cm³/mol. The van der Waals surface area contributed by atoms with Crippen LogP contribution in [0.25, 0.3) is 22.4 Å². The van der Waals surface area contributed by atoms with E-state index in [4.69, 9.17) is 34.0 Å². The minimum Gasteiger partial charge on any atom is -0.493 e. The van der Waals surface area contributed by atoms with Gasteiger partial charge in [0.15, 0.2) is 23.1 Å². The number of fused-ring (bicyclic) bond motifs is 1. The molecule has 0 saturated carbocycles. The number of benzene rings is 1. The molecule has 35 heavy (non-hydrogen) atoms. The second kappa shape index (κ2) is 11.5. The summed E-state index contributed by atoms with van der Waals surface area (Å²) in [4.78, 5) is 12.3. The molecule has 0 atom stereocenters. The maximum Gasteiger partial charge on any atom is 0.203 e. The quantitative estimate of drug-likeness (QED) is 0.412. The number of morpholine rings is 1. The zero-order chi connectivity index (χ0) is 24.8. The Labute approximate surface area is 206 Å². The molecule has 4 rings (SSSR count). The highest BCUT2D eigenvalue weighted by Crippen LogP contribution is 2.41. The van der Waals surface area contributed by atoms with Crippen molar-refractivity contribution < 1.29 is 18.9 Å². The molecule has 3 heterocycles. The Morgan fingerprint density at radius 1 is 1.03 bits per heavy atom. The SMILES string of the molecule is CCCc1nn(C)c2c(NCCCN3CCOCC3)nc(-c3cc(OC)c(OC)c(OC)c3)nc12. The lowest BCUT2D eigenvalue weighted by molar-refractivity contribution is 0.0378. The number of aromatic nitrogens is 4. The standard InChI is InChI=1S/C25H36N6O4/c1-6-8-18-21-22(30(2)29-18)25(26-9-7-10-31-11-13-35-14-12-31)28-24(27-21)17-15-19(32-3)23(34-5)20(16-17)33-4/h15-16H,6-14H2,1-5H3,(H,26,27,28). The third-order valence-corrected chi connectivity index (χ3v) is 6.21. The molecule has 3 aromatic rings. The van der Waals surface area contributed by atoms with Crippen LogP contribution < -0.4 is 19.5 Å². The van der Waals surface area contributed by atoms with Crippen molar-refractivity contribution in [2.24, 2.45) is 7.05 Å². The van der Waals surface area contributed by atoms with Crippen LogP contribution in [0.1, 0.15) is 25.5 Å². The topological polar surface area (TPSA) is 95.8 Å². The van der Waals surface area contributed by atoms with E-state index in [1.54, 1.807) is 21.3 Å². The van der Waals surface area contributed by atoms with Crippen molar-refractivity contribution in [3.63, 3.8) is 0 Å². The molecule has 1 aliphatic rings. The molecule has 1 aliphatic heterocycles. The van der Waals surface area contributed by atoms with Gasteiger partial charge >= 0.3 is 0 Å². The molecular formula is C25H36N6O4. The second-order valence-electron chi connectivity index (χ2n) is 8.56. The first-order valence-corrected chi connectivity index (χ1v) is 12.2. The Balaban J connectivity index is 1.69. The first kappa shape index (κ1) is 25.0. The van der Waals surface area contributed by atoms with E-state index in [1.807, 2.05) is 23.9 Å². The van der Waals surface area contributed by atoms with Gasteiger partial charge in [0.1, 0.15) is 11.0 Å². The summed E-state index contributed by atoms with van der Waals surface area (Å²) in [6.45, 7) is 7.58. The van der Waals surface area contributed by atoms with Gasteiger partial charge in [0.2, 0.25) is 5.75 Å². The Morgan fingerprint density at radius 3 is 2.37 bits per heavy atom. The van der Waals surface area contributed by atoms with Gasteiger partial charge in [-0.25, -0.2) is 9.97 Å². The number of hydrogen-bond donors (Lipinski definition) is 1. The van der Waals surface area contributed by atoms with Crippen LogP contribution in [-0.4, -0.2) is 85.4 Å². The summed E-state index contributed by atoms with van der Waals surface area (Å²) in [5.74, 6) is 3.02. The van der Waals surface area contributed by atoms with Crippen molar-refractivity contribution in [3.05, 3.63) is 17.8 Å². The van der Waals surface area contributed by atoms with Crippen LogP contribution in [0.4, 0.5) is 5.82 Å². The largest absolute Gasteiger partial charge is 0.493 e. The molecule has 1 fully saturated rings. The highest BCUT2D eigenvalue weighted by molar-refractivity contribution is 5.89. The van der Waals surface area contributed by atoms with Crippen molar-refractivity contribution in [1.29, 1.82) is 0 Å². The number of rotatable bonds is 11. The van der Waals surface area contributed by atoms with Gasteiger partial charge in [0, 0.05) is 32.2 Å².